The van der Waals surface area contributed by atoms with Crippen LogP contribution in [0.4, 0.5) is 5.82 Å². The van der Waals surface area contributed by atoms with E-state index >= 15 is 0 Å². The van der Waals surface area contributed by atoms with E-state index in [4.69, 9.17) is 14.5 Å². The number of ether oxygens (including phenoxy) is 2. The Balaban J connectivity index is 1.07. The second kappa shape index (κ2) is 9.65. The largest absolute Gasteiger partial charge is 0.488 e. The van der Waals surface area contributed by atoms with E-state index in [1.54, 1.807) is 0 Å². The second-order valence-corrected chi connectivity index (χ2v) is 11.7. The summed E-state index contributed by atoms with van der Waals surface area (Å²) >= 11 is 0. The van der Waals surface area contributed by atoms with Gasteiger partial charge >= 0.3 is 5.97 Å². The molecule has 202 valence electrons. The predicted octanol–water partition coefficient (Wildman–Crippen LogP) is 4.69. The minimum atomic E-state index is -0.639. The summed E-state index contributed by atoms with van der Waals surface area (Å²) < 4.78 is 11.8. The standard InChI is InChI=1S/C32H35N3O4/c1-21-5-8-29(39-18-22-6-7-24-16-34(26-19-38-20-26)11-9-23(24)14-22)27(13-21)28-3-2-4-30(33-28)35-12-10-32(31(36)37)15-25(32)17-35/h2-8,13-14,25-26H,9-12,15-20H2,1H3,(H,36,37). The smallest absolute Gasteiger partial charge is 0.310 e. The summed E-state index contributed by atoms with van der Waals surface area (Å²) in [5.74, 6) is 1.31. The number of carbonyl (C=O) groups is 1. The average Bonchev–Trinajstić information content (AvgIpc) is 3.67. The van der Waals surface area contributed by atoms with Crippen molar-refractivity contribution < 1.29 is 19.4 Å². The number of carboxylic acids is 1. The molecule has 0 radical (unpaired) electrons. The first-order valence-electron chi connectivity index (χ1n) is 14.1. The van der Waals surface area contributed by atoms with Crippen LogP contribution in [0.1, 0.15) is 35.1 Å². The van der Waals surface area contributed by atoms with E-state index in [9.17, 15) is 9.90 Å². The summed E-state index contributed by atoms with van der Waals surface area (Å²) in [6.45, 7) is 7.89. The molecule has 0 amide bonds. The molecule has 3 aromatic rings. The first-order valence-corrected chi connectivity index (χ1v) is 14.1. The summed E-state index contributed by atoms with van der Waals surface area (Å²) in [5.41, 5.74) is 6.55. The van der Waals surface area contributed by atoms with Gasteiger partial charge in [-0.2, -0.15) is 0 Å². The van der Waals surface area contributed by atoms with Crippen LogP contribution in [0.15, 0.2) is 54.6 Å². The van der Waals surface area contributed by atoms with Crippen molar-refractivity contribution in [3.05, 3.63) is 76.9 Å². The molecule has 0 spiro atoms. The maximum absolute atomic E-state index is 11.7. The Morgan fingerprint density at radius 2 is 2.03 bits per heavy atom. The van der Waals surface area contributed by atoms with Gasteiger partial charge in [0.05, 0.1) is 30.4 Å². The van der Waals surface area contributed by atoms with Gasteiger partial charge in [-0.15, -0.1) is 0 Å². The van der Waals surface area contributed by atoms with Crippen LogP contribution in [0.3, 0.4) is 0 Å². The van der Waals surface area contributed by atoms with E-state index in [1.807, 2.05) is 24.3 Å². The van der Waals surface area contributed by atoms with Crippen molar-refractivity contribution in [1.82, 2.24) is 9.88 Å². The lowest BCUT2D eigenvalue weighted by Gasteiger charge is -2.40. The number of carboxylic acid groups (broad SMARTS) is 1. The highest BCUT2D eigenvalue weighted by Gasteiger charge is 2.62. The fourth-order valence-electron chi connectivity index (χ4n) is 6.54. The summed E-state index contributed by atoms with van der Waals surface area (Å²) in [7, 11) is 0. The first-order chi connectivity index (χ1) is 19.0. The molecule has 2 aromatic carbocycles. The van der Waals surface area contributed by atoms with Crippen molar-refractivity contribution in [3.63, 3.8) is 0 Å². The molecule has 7 heteroatoms. The molecule has 7 rings (SSSR count). The van der Waals surface area contributed by atoms with E-state index in [2.05, 4.69) is 47.1 Å². The molecule has 4 heterocycles. The average molecular weight is 526 g/mol. The number of rotatable bonds is 7. The van der Waals surface area contributed by atoms with Crippen LogP contribution in [0.25, 0.3) is 11.3 Å². The van der Waals surface area contributed by atoms with Crippen molar-refractivity contribution in [2.24, 2.45) is 11.3 Å². The van der Waals surface area contributed by atoms with Gasteiger partial charge in [0.1, 0.15) is 18.2 Å². The van der Waals surface area contributed by atoms with Gasteiger partial charge in [-0.05, 0) is 73.1 Å². The molecule has 3 aliphatic heterocycles. The number of aromatic nitrogens is 1. The lowest BCUT2D eigenvalue weighted by Crippen LogP contribution is -2.50. The zero-order valence-corrected chi connectivity index (χ0v) is 22.4. The number of hydrogen-bond donors (Lipinski definition) is 1. The van der Waals surface area contributed by atoms with Crippen molar-refractivity contribution in [2.45, 2.75) is 45.4 Å². The van der Waals surface area contributed by atoms with Crippen molar-refractivity contribution in [2.75, 3.05) is 37.7 Å². The van der Waals surface area contributed by atoms with E-state index in [-0.39, 0.29) is 5.92 Å². The molecule has 1 aromatic heterocycles. The van der Waals surface area contributed by atoms with Gasteiger partial charge < -0.3 is 19.5 Å². The highest BCUT2D eigenvalue weighted by atomic mass is 16.5. The fraction of sp³-hybridized carbons (Fsp3) is 0.438. The van der Waals surface area contributed by atoms with Crippen molar-refractivity contribution in [1.29, 1.82) is 0 Å². The van der Waals surface area contributed by atoms with E-state index in [0.29, 0.717) is 19.1 Å². The van der Waals surface area contributed by atoms with Gasteiger partial charge in [0.25, 0.3) is 0 Å². The van der Waals surface area contributed by atoms with Gasteiger partial charge in [0.15, 0.2) is 0 Å². The molecular formula is C32H35N3O4. The summed E-state index contributed by atoms with van der Waals surface area (Å²) in [5, 5.41) is 9.62. The van der Waals surface area contributed by atoms with Crippen LogP contribution in [0.2, 0.25) is 0 Å². The third-order valence-corrected chi connectivity index (χ3v) is 9.24. The number of aliphatic carboxylic acids is 1. The number of hydrogen-bond acceptors (Lipinski definition) is 6. The monoisotopic (exact) mass is 525 g/mol. The second-order valence-electron chi connectivity index (χ2n) is 11.7. The zero-order valence-electron chi connectivity index (χ0n) is 22.4. The molecule has 2 unspecified atom stereocenters. The van der Waals surface area contributed by atoms with Gasteiger partial charge in [0, 0.05) is 31.7 Å². The Morgan fingerprint density at radius 1 is 1.13 bits per heavy atom. The number of nitrogens with zero attached hydrogens (tertiary/aromatic N) is 3. The van der Waals surface area contributed by atoms with Crippen LogP contribution in [-0.2, 0) is 29.1 Å². The molecule has 3 fully saturated rings. The minimum Gasteiger partial charge on any atom is -0.488 e. The van der Waals surface area contributed by atoms with Crippen LogP contribution in [-0.4, -0.2) is 59.8 Å². The number of aryl methyl sites for hydroxylation is 1. The van der Waals surface area contributed by atoms with Crippen molar-refractivity contribution >= 4 is 11.8 Å². The number of benzene rings is 2. The maximum atomic E-state index is 11.7. The number of piperidine rings is 1. The SMILES string of the molecule is Cc1ccc(OCc2ccc3c(c2)CCN(C2COC2)C3)c(-c2cccc(N3CCC4(C(=O)O)CC4C3)n2)c1. The van der Waals surface area contributed by atoms with Gasteiger partial charge in [-0.1, -0.05) is 35.9 Å². The lowest BCUT2D eigenvalue weighted by atomic mass is 9.95. The zero-order chi connectivity index (χ0) is 26.6. The summed E-state index contributed by atoms with van der Waals surface area (Å²) in [6, 6.07) is 19.7. The summed E-state index contributed by atoms with van der Waals surface area (Å²) in [4.78, 5) is 21.5. The Morgan fingerprint density at radius 3 is 2.82 bits per heavy atom. The predicted molar refractivity (Wildman–Crippen MR) is 149 cm³/mol. The molecule has 1 saturated carbocycles. The van der Waals surface area contributed by atoms with Gasteiger partial charge in [0.2, 0.25) is 0 Å². The Kier molecular flexibility index (Phi) is 6.09. The van der Waals surface area contributed by atoms with Gasteiger partial charge in [-0.25, -0.2) is 4.98 Å². The fourth-order valence-corrected chi connectivity index (χ4v) is 6.54. The molecule has 7 nitrogen and oxygen atoms in total. The molecule has 39 heavy (non-hydrogen) atoms. The van der Waals surface area contributed by atoms with Crippen LogP contribution in [0.5, 0.6) is 5.75 Å². The highest BCUT2D eigenvalue weighted by Crippen LogP contribution is 2.58. The van der Waals surface area contributed by atoms with E-state index in [1.165, 1.54) is 16.7 Å². The lowest BCUT2D eigenvalue weighted by molar-refractivity contribution is -0.144. The topological polar surface area (TPSA) is 75.1 Å². The Bertz CT molecular complexity index is 1420. The molecule has 4 aliphatic rings. The number of pyridine rings is 1. The van der Waals surface area contributed by atoms with Crippen LogP contribution >= 0.6 is 0 Å². The molecule has 0 bridgehead atoms. The van der Waals surface area contributed by atoms with Crippen LogP contribution < -0.4 is 9.64 Å². The number of anilines is 1. The molecule has 2 saturated heterocycles. The van der Waals surface area contributed by atoms with E-state index in [0.717, 1.165) is 80.6 Å². The molecular weight excluding hydrogens is 490 g/mol. The summed E-state index contributed by atoms with van der Waals surface area (Å²) in [6.07, 6.45) is 2.54. The Labute approximate surface area is 229 Å². The maximum Gasteiger partial charge on any atom is 0.310 e. The quantitative estimate of drug-likeness (QED) is 0.480. The first kappa shape index (κ1) is 24.6. The van der Waals surface area contributed by atoms with Gasteiger partial charge in [-0.3, -0.25) is 9.69 Å². The number of fused-ring (bicyclic) bond motifs is 2. The van der Waals surface area contributed by atoms with E-state index < -0.39 is 11.4 Å². The van der Waals surface area contributed by atoms with Crippen LogP contribution in [0, 0.1) is 18.3 Å². The Hall–Kier alpha value is -3.42. The highest BCUT2D eigenvalue weighted by molar-refractivity contribution is 5.79. The normalized spacial score (nSPS) is 24.4. The molecule has 2 atom stereocenters. The third kappa shape index (κ3) is 4.57. The molecule has 1 aliphatic carbocycles. The molecule has 1 N–H and O–H groups in total. The minimum absolute atomic E-state index is 0.221. The van der Waals surface area contributed by atoms with Crippen molar-refractivity contribution in [3.8, 4) is 17.0 Å². The third-order valence-electron chi connectivity index (χ3n) is 9.24.